The van der Waals surface area contributed by atoms with E-state index in [1.54, 1.807) is 6.07 Å². The molecular weight excluding hydrogens is 536 g/mol. The van der Waals surface area contributed by atoms with Gasteiger partial charge in [-0.15, -0.1) is 0 Å². The van der Waals surface area contributed by atoms with E-state index < -0.39 is 23.9 Å². The first-order chi connectivity index (χ1) is 19.4. The fourth-order valence-corrected chi connectivity index (χ4v) is 3.59. The van der Waals surface area contributed by atoms with Crippen molar-refractivity contribution >= 4 is 36.0 Å². The Morgan fingerprint density at radius 2 is 1.34 bits per heavy atom. The molecule has 0 saturated carbocycles. The number of aliphatic carboxylic acids is 1. The van der Waals surface area contributed by atoms with Gasteiger partial charge >= 0.3 is 23.9 Å². The van der Waals surface area contributed by atoms with Crippen molar-refractivity contribution < 1.29 is 53.4 Å². The number of benzene rings is 3. The third-order valence-electron chi connectivity index (χ3n) is 5.36. The van der Waals surface area contributed by atoms with Crippen LogP contribution in [0.1, 0.15) is 30.5 Å². The number of carbonyl (C=O) groups is 4. The molecule has 0 aliphatic carbocycles. The van der Waals surface area contributed by atoms with Gasteiger partial charge in [-0.3, -0.25) is 9.59 Å². The van der Waals surface area contributed by atoms with E-state index in [1.807, 2.05) is 0 Å². The second kappa shape index (κ2) is 13.5. The minimum Gasteiger partial charge on any atom is -0.504 e. The Morgan fingerprint density at radius 3 is 1.88 bits per heavy atom. The van der Waals surface area contributed by atoms with Crippen molar-refractivity contribution in [3.8, 4) is 34.5 Å². The van der Waals surface area contributed by atoms with Crippen LogP contribution in [0.15, 0.2) is 66.2 Å². The lowest BCUT2D eigenvalue weighted by molar-refractivity contribution is -0.133. The maximum Gasteiger partial charge on any atom is 0.336 e. The van der Waals surface area contributed by atoms with Crippen LogP contribution in [0, 0.1) is 0 Å². The first-order valence-corrected chi connectivity index (χ1v) is 12.0. The highest BCUT2D eigenvalue weighted by Gasteiger charge is 2.15. The first-order valence-electron chi connectivity index (χ1n) is 12.0. The monoisotopic (exact) mass is 562 g/mol. The SMILES string of the molecule is COc1cc(OC(=O)/C=C/c2ccc(OC(C)=O)c(O)c2)ccc1C/C(=C\c1ccc(OC(C)=O)c(O)c1)C(=O)O. The summed E-state index contributed by atoms with van der Waals surface area (Å²) >= 11 is 0. The summed E-state index contributed by atoms with van der Waals surface area (Å²) < 4.78 is 20.4. The summed E-state index contributed by atoms with van der Waals surface area (Å²) in [7, 11) is 1.38. The van der Waals surface area contributed by atoms with Gasteiger partial charge in [0.15, 0.2) is 23.0 Å². The summed E-state index contributed by atoms with van der Waals surface area (Å²) in [6.07, 6.45) is 3.82. The summed E-state index contributed by atoms with van der Waals surface area (Å²) in [5.74, 6) is -3.39. The highest BCUT2D eigenvalue weighted by Crippen LogP contribution is 2.31. The molecule has 41 heavy (non-hydrogen) atoms. The standard InChI is InChI=1S/C30H26O11/c1-17(31)39-26-9-4-19(13-24(26)33)6-11-29(35)41-23-8-7-21(28(16-23)38-3)15-22(30(36)37)12-20-5-10-27(25(34)14-20)40-18(2)32/h4-14,16,33-34H,15H2,1-3H3,(H,36,37)/b11-6+,22-12+. The van der Waals surface area contributed by atoms with Gasteiger partial charge in [0.25, 0.3) is 0 Å². The van der Waals surface area contributed by atoms with Gasteiger partial charge in [-0.05, 0) is 59.2 Å². The van der Waals surface area contributed by atoms with Gasteiger partial charge in [0.1, 0.15) is 11.5 Å². The van der Waals surface area contributed by atoms with Crippen molar-refractivity contribution in [2.75, 3.05) is 7.11 Å². The molecule has 0 radical (unpaired) electrons. The summed E-state index contributed by atoms with van der Waals surface area (Å²) in [5.41, 5.74) is 1.27. The number of hydrogen-bond acceptors (Lipinski definition) is 10. The minimum atomic E-state index is -1.21. The van der Waals surface area contributed by atoms with Gasteiger partial charge in [0, 0.05) is 38.0 Å². The van der Waals surface area contributed by atoms with Gasteiger partial charge in [-0.25, -0.2) is 9.59 Å². The maximum atomic E-state index is 12.3. The largest absolute Gasteiger partial charge is 0.504 e. The third-order valence-corrected chi connectivity index (χ3v) is 5.36. The van der Waals surface area contributed by atoms with Crippen molar-refractivity contribution in [3.05, 3.63) is 82.9 Å². The molecule has 0 spiro atoms. The summed E-state index contributed by atoms with van der Waals surface area (Å²) in [4.78, 5) is 46.4. The van der Waals surface area contributed by atoms with Crippen LogP contribution in [0.2, 0.25) is 0 Å². The first kappa shape index (κ1) is 30.0. The summed E-state index contributed by atoms with van der Waals surface area (Å²) in [6.45, 7) is 2.39. The van der Waals surface area contributed by atoms with Crippen LogP contribution in [0.25, 0.3) is 12.2 Å². The molecule has 11 nitrogen and oxygen atoms in total. The molecule has 0 amide bonds. The zero-order valence-electron chi connectivity index (χ0n) is 22.2. The number of ether oxygens (including phenoxy) is 4. The fraction of sp³-hybridized carbons (Fsp3) is 0.133. The average molecular weight is 563 g/mol. The van der Waals surface area contributed by atoms with E-state index in [2.05, 4.69) is 0 Å². The van der Waals surface area contributed by atoms with Crippen molar-refractivity contribution in [3.63, 3.8) is 0 Å². The third kappa shape index (κ3) is 8.72. The molecule has 0 aliphatic rings. The van der Waals surface area contributed by atoms with Crippen LogP contribution < -0.4 is 18.9 Å². The smallest absolute Gasteiger partial charge is 0.336 e. The number of phenols is 2. The Balaban J connectivity index is 1.73. The number of aromatic hydroxyl groups is 2. The Labute approximate surface area is 234 Å². The quantitative estimate of drug-likeness (QED) is 0.183. The van der Waals surface area contributed by atoms with E-state index >= 15 is 0 Å². The number of rotatable bonds is 10. The molecule has 0 aromatic heterocycles. The van der Waals surface area contributed by atoms with Crippen LogP contribution >= 0.6 is 0 Å². The number of phenolic OH excluding ortho intramolecular Hbond substituents is 2. The maximum absolute atomic E-state index is 12.3. The molecular formula is C30H26O11. The number of methoxy groups -OCH3 is 1. The Bertz CT molecular complexity index is 1550. The number of esters is 3. The molecule has 0 fully saturated rings. The van der Waals surface area contributed by atoms with Gasteiger partial charge in [0.2, 0.25) is 0 Å². The lowest BCUT2D eigenvalue weighted by Crippen LogP contribution is -2.07. The number of carboxylic acid groups (broad SMARTS) is 1. The Kier molecular flexibility index (Phi) is 9.85. The predicted molar refractivity (Wildman–Crippen MR) is 146 cm³/mol. The second-order valence-corrected chi connectivity index (χ2v) is 8.52. The van der Waals surface area contributed by atoms with Gasteiger partial charge in [0.05, 0.1) is 7.11 Å². The Morgan fingerprint density at radius 1 is 0.756 bits per heavy atom. The highest BCUT2D eigenvalue weighted by molar-refractivity contribution is 5.93. The number of hydrogen-bond donors (Lipinski definition) is 3. The molecule has 3 aromatic carbocycles. The van der Waals surface area contributed by atoms with E-state index in [0.29, 0.717) is 16.7 Å². The summed E-state index contributed by atoms with van der Waals surface area (Å²) in [6, 6.07) is 12.8. The van der Waals surface area contributed by atoms with E-state index in [1.165, 1.54) is 81.6 Å². The lowest BCUT2D eigenvalue weighted by atomic mass is 10.0. The molecule has 3 aromatic rings. The highest BCUT2D eigenvalue weighted by atomic mass is 16.5. The minimum absolute atomic E-state index is 0.0133. The molecule has 0 aliphatic heterocycles. The second-order valence-electron chi connectivity index (χ2n) is 8.52. The number of carbonyl (C=O) groups excluding carboxylic acids is 3. The molecule has 0 unspecified atom stereocenters. The van der Waals surface area contributed by atoms with Crippen LogP contribution in [-0.4, -0.2) is 46.3 Å². The molecule has 0 heterocycles. The molecule has 0 bridgehead atoms. The van der Waals surface area contributed by atoms with E-state index in [9.17, 15) is 34.5 Å². The zero-order valence-corrected chi connectivity index (χ0v) is 22.2. The van der Waals surface area contributed by atoms with Crippen LogP contribution in [-0.2, 0) is 25.6 Å². The molecule has 3 rings (SSSR count). The van der Waals surface area contributed by atoms with Crippen molar-refractivity contribution in [1.82, 2.24) is 0 Å². The Hall–Kier alpha value is -5.58. The van der Waals surface area contributed by atoms with Crippen molar-refractivity contribution in [2.24, 2.45) is 0 Å². The van der Waals surface area contributed by atoms with Crippen molar-refractivity contribution in [1.29, 1.82) is 0 Å². The zero-order chi connectivity index (χ0) is 30.1. The van der Waals surface area contributed by atoms with E-state index in [-0.39, 0.29) is 46.5 Å². The summed E-state index contributed by atoms with van der Waals surface area (Å²) in [5, 5.41) is 29.8. The molecule has 3 N–H and O–H groups in total. The van der Waals surface area contributed by atoms with Crippen LogP contribution in [0.4, 0.5) is 0 Å². The molecule has 212 valence electrons. The average Bonchev–Trinajstić information content (AvgIpc) is 2.90. The fourth-order valence-electron chi connectivity index (χ4n) is 3.59. The normalized spacial score (nSPS) is 11.1. The van der Waals surface area contributed by atoms with Crippen molar-refractivity contribution in [2.45, 2.75) is 20.3 Å². The molecule has 0 atom stereocenters. The van der Waals surface area contributed by atoms with Gasteiger partial charge in [-0.1, -0.05) is 18.2 Å². The lowest BCUT2D eigenvalue weighted by Gasteiger charge is -2.11. The van der Waals surface area contributed by atoms with Gasteiger partial charge in [-0.2, -0.15) is 0 Å². The predicted octanol–water partition coefficient (Wildman–Crippen LogP) is 4.29. The molecule has 0 saturated heterocycles. The number of carboxylic acids is 1. The van der Waals surface area contributed by atoms with E-state index in [0.717, 1.165) is 6.08 Å². The van der Waals surface area contributed by atoms with E-state index in [4.69, 9.17) is 18.9 Å². The molecule has 11 heteroatoms. The van der Waals surface area contributed by atoms with Crippen LogP contribution in [0.5, 0.6) is 34.5 Å². The van der Waals surface area contributed by atoms with Crippen LogP contribution in [0.3, 0.4) is 0 Å². The van der Waals surface area contributed by atoms with Gasteiger partial charge < -0.3 is 34.3 Å². The topological polar surface area (TPSA) is 166 Å².